The molecule has 1 N–H and O–H groups in total. The summed E-state index contributed by atoms with van der Waals surface area (Å²) in [6.45, 7) is 0. The first-order valence-corrected chi connectivity index (χ1v) is 11.5. The third-order valence-electron chi connectivity index (χ3n) is 5.44. The highest BCUT2D eigenvalue weighted by molar-refractivity contribution is 6.32. The van der Waals surface area contributed by atoms with E-state index in [0.717, 1.165) is 29.8 Å². The highest BCUT2D eigenvalue weighted by Crippen LogP contribution is 2.39. The minimum absolute atomic E-state index is 0.118. The van der Waals surface area contributed by atoms with E-state index in [1.54, 1.807) is 30.3 Å². The number of anilines is 1. The molecule has 0 heterocycles. The smallest absolute Gasteiger partial charge is 0.416 e. The Morgan fingerprint density at radius 1 is 0.842 bits per heavy atom. The lowest BCUT2D eigenvalue weighted by Gasteiger charge is -2.13. The fourth-order valence-electron chi connectivity index (χ4n) is 3.50. The normalized spacial score (nSPS) is 11.6. The number of halogens is 4. The summed E-state index contributed by atoms with van der Waals surface area (Å²) < 4.78 is 59.7. The van der Waals surface area contributed by atoms with E-state index in [4.69, 9.17) is 30.5 Å². The van der Waals surface area contributed by atoms with Gasteiger partial charge in [0.05, 0.1) is 39.0 Å². The van der Waals surface area contributed by atoms with Gasteiger partial charge in [-0.2, -0.15) is 13.2 Å². The van der Waals surface area contributed by atoms with Gasteiger partial charge in [0.1, 0.15) is 5.75 Å². The SMILES string of the molecule is COc1cc(NC=CC(=O)c2ccc(C(F)(F)F)cc2)c(C=Cc2cc(OC)c(OC)c(OC)c2)cc1Cl. The van der Waals surface area contributed by atoms with Crippen LogP contribution in [0.1, 0.15) is 27.0 Å². The summed E-state index contributed by atoms with van der Waals surface area (Å²) in [5, 5.41) is 3.38. The topological polar surface area (TPSA) is 66.0 Å². The second-order valence-electron chi connectivity index (χ2n) is 7.78. The molecule has 0 aliphatic rings. The fraction of sp³-hybridized carbons (Fsp3) is 0.179. The van der Waals surface area contributed by atoms with E-state index in [0.29, 0.717) is 39.3 Å². The Kier molecular flexibility index (Phi) is 9.30. The molecule has 0 atom stereocenters. The summed E-state index contributed by atoms with van der Waals surface area (Å²) >= 11 is 6.33. The van der Waals surface area contributed by atoms with Gasteiger partial charge in [-0.05, 0) is 41.5 Å². The van der Waals surface area contributed by atoms with Gasteiger partial charge in [-0.1, -0.05) is 35.9 Å². The standard InChI is InChI=1S/C28H25ClF3NO5/c1-35-24-16-22(33-12-11-23(34)18-7-9-20(10-8-18)28(30,31)32)19(15-21(24)29)6-5-17-13-25(36-2)27(38-4)26(14-17)37-3/h5-16,33H,1-4H3. The number of rotatable bonds is 10. The van der Waals surface area contributed by atoms with Crippen molar-refractivity contribution in [2.45, 2.75) is 6.18 Å². The average molecular weight is 548 g/mol. The predicted octanol–water partition coefficient (Wildman–Crippen LogP) is 7.37. The molecule has 0 unspecified atom stereocenters. The molecular formula is C28H25ClF3NO5. The summed E-state index contributed by atoms with van der Waals surface area (Å²) in [4.78, 5) is 12.4. The number of methoxy groups -OCH3 is 4. The van der Waals surface area contributed by atoms with Gasteiger partial charge < -0.3 is 24.3 Å². The predicted molar refractivity (Wildman–Crippen MR) is 142 cm³/mol. The maximum atomic E-state index is 12.8. The first-order valence-electron chi connectivity index (χ1n) is 11.1. The Morgan fingerprint density at radius 3 is 1.97 bits per heavy atom. The van der Waals surface area contributed by atoms with E-state index >= 15 is 0 Å². The lowest BCUT2D eigenvalue weighted by Crippen LogP contribution is -2.05. The average Bonchev–Trinajstić information content (AvgIpc) is 2.91. The quantitative estimate of drug-likeness (QED) is 0.162. The van der Waals surface area contributed by atoms with Crippen LogP contribution in [0.3, 0.4) is 0 Å². The molecule has 3 aromatic rings. The number of ether oxygens (including phenoxy) is 4. The van der Waals surface area contributed by atoms with Gasteiger partial charge in [-0.3, -0.25) is 4.79 Å². The highest BCUT2D eigenvalue weighted by atomic mass is 35.5. The van der Waals surface area contributed by atoms with Crippen LogP contribution >= 0.6 is 11.6 Å². The van der Waals surface area contributed by atoms with Gasteiger partial charge >= 0.3 is 6.18 Å². The minimum atomic E-state index is -4.47. The van der Waals surface area contributed by atoms with Crippen LogP contribution in [0.5, 0.6) is 23.0 Å². The molecule has 0 bridgehead atoms. The molecule has 6 nitrogen and oxygen atoms in total. The first kappa shape index (κ1) is 28.5. The van der Waals surface area contributed by atoms with Crippen molar-refractivity contribution in [2.24, 2.45) is 0 Å². The van der Waals surface area contributed by atoms with Crippen LogP contribution in [0.2, 0.25) is 5.02 Å². The number of alkyl halides is 3. The van der Waals surface area contributed by atoms with E-state index in [1.807, 2.05) is 6.08 Å². The summed E-state index contributed by atoms with van der Waals surface area (Å²) in [6.07, 6.45) is 1.74. The molecule has 0 saturated heterocycles. The number of ketones is 1. The number of nitrogens with one attached hydrogen (secondary N) is 1. The van der Waals surface area contributed by atoms with Gasteiger partial charge in [-0.25, -0.2) is 0 Å². The van der Waals surface area contributed by atoms with Crippen LogP contribution in [0.15, 0.2) is 60.8 Å². The van der Waals surface area contributed by atoms with E-state index < -0.39 is 17.5 Å². The first-order chi connectivity index (χ1) is 18.1. The van der Waals surface area contributed by atoms with Crippen molar-refractivity contribution < 1.29 is 36.9 Å². The second-order valence-corrected chi connectivity index (χ2v) is 8.19. The van der Waals surface area contributed by atoms with Crippen LogP contribution in [0.25, 0.3) is 12.2 Å². The largest absolute Gasteiger partial charge is 0.495 e. The maximum Gasteiger partial charge on any atom is 0.416 e. The Bertz CT molecular complexity index is 1330. The van der Waals surface area contributed by atoms with Crippen molar-refractivity contribution in [3.8, 4) is 23.0 Å². The number of carbonyl (C=O) groups excluding carboxylic acids is 1. The van der Waals surface area contributed by atoms with Crippen molar-refractivity contribution >= 4 is 35.2 Å². The Labute approximate surface area is 223 Å². The Hall–Kier alpha value is -4.11. The molecule has 0 aromatic heterocycles. The zero-order valence-electron chi connectivity index (χ0n) is 21.0. The molecule has 0 fully saturated rings. The van der Waals surface area contributed by atoms with Gasteiger partial charge in [0.15, 0.2) is 17.3 Å². The number of allylic oxidation sites excluding steroid dienone is 1. The second kappa shape index (κ2) is 12.4. The van der Waals surface area contributed by atoms with Crippen LogP contribution < -0.4 is 24.3 Å². The highest BCUT2D eigenvalue weighted by Gasteiger charge is 2.30. The molecular weight excluding hydrogens is 523 g/mol. The molecule has 0 spiro atoms. The number of hydrogen-bond donors (Lipinski definition) is 1. The minimum Gasteiger partial charge on any atom is -0.495 e. The molecule has 0 saturated carbocycles. The van der Waals surface area contributed by atoms with Gasteiger partial charge in [-0.15, -0.1) is 0 Å². The summed E-state index contributed by atoms with van der Waals surface area (Å²) in [5.41, 5.74) is 1.27. The summed E-state index contributed by atoms with van der Waals surface area (Å²) in [7, 11) is 6.03. The van der Waals surface area contributed by atoms with Crippen molar-refractivity contribution in [1.29, 1.82) is 0 Å². The number of hydrogen-bond acceptors (Lipinski definition) is 6. The van der Waals surface area contributed by atoms with Gasteiger partial charge in [0.2, 0.25) is 5.75 Å². The van der Waals surface area contributed by atoms with Crippen LogP contribution in [0.4, 0.5) is 18.9 Å². The molecule has 0 amide bonds. The van der Waals surface area contributed by atoms with E-state index in [9.17, 15) is 18.0 Å². The van der Waals surface area contributed by atoms with Crippen LogP contribution in [0, 0.1) is 0 Å². The molecule has 0 aliphatic carbocycles. The summed E-state index contributed by atoms with van der Waals surface area (Å²) in [5.74, 6) is 1.37. The fourth-order valence-corrected chi connectivity index (χ4v) is 3.75. The van der Waals surface area contributed by atoms with E-state index in [1.165, 1.54) is 40.7 Å². The third-order valence-corrected chi connectivity index (χ3v) is 5.73. The van der Waals surface area contributed by atoms with Crippen LogP contribution in [-0.4, -0.2) is 34.2 Å². The van der Waals surface area contributed by atoms with E-state index in [2.05, 4.69) is 5.32 Å². The molecule has 3 rings (SSSR count). The maximum absolute atomic E-state index is 12.8. The van der Waals surface area contributed by atoms with Crippen molar-refractivity contribution in [2.75, 3.05) is 33.8 Å². The number of carbonyl (C=O) groups is 1. The third kappa shape index (κ3) is 6.80. The Morgan fingerprint density at radius 2 is 1.45 bits per heavy atom. The number of benzene rings is 3. The molecule has 200 valence electrons. The zero-order valence-corrected chi connectivity index (χ0v) is 21.7. The van der Waals surface area contributed by atoms with Crippen molar-refractivity contribution in [1.82, 2.24) is 0 Å². The summed E-state index contributed by atoms with van der Waals surface area (Å²) in [6, 6.07) is 10.9. The van der Waals surface area contributed by atoms with E-state index in [-0.39, 0.29) is 5.56 Å². The molecule has 3 aromatic carbocycles. The molecule has 10 heteroatoms. The lowest BCUT2D eigenvalue weighted by atomic mass is 10.1. The van der Waals surface area contributed by atoms with Crippen LogP contribution in [-0.2, 0) is 6.18 Å². The monoisotopic (exact) mass is 547 g/mol. The van der Waals surface area contributed by atoms with Crippen molar-refractivity contribution in [3.05, 3.63) is 88.1 Å². The lowest BCUT2D eigenvalue weighted by molar-refractivity contribution is -0.137. The Balaban J connectivity index is 1.87. The zero-order chi connectivity index (χ0) is 27.9. The molecule has 0 aliphatic heterocycles. The van der Waals surface area contributed by atoms with Gasteiger partial charge in [0, 0.05) is 29.6 Å². The van der Waals surface area contributed by atoms with Crippen molar-refractivity contribution in [3.63, 3.8) is 0 Å². The van der Waals surface area contributed by atoms with Gasteiger partial charge in [0.25, 0.3) is 0 Å². The molecule has 0 radical (unpaired) electrons. The molecule has 38 heavy (non-hydrogen) atoms.